The van der Waals surface area contributed by atoms with Gasteiger partial charge in [-0.2, -0.15) is 0 Å². The van der Waals surface area contributed by atoms with Crippen molar-refractivity contribution in [1.82, 2.24) is 9.55 Å². The second-order valence-corrected chi connectivity index (χ2v) is 6.33. The number of hydrogen-bond acceptors (Lipinski definition) is 5. The first-order valence-corrected chi connectivity index (χ1v) is 8.45. The predicted molar refractivity (Wildman–Crippen MR) is 91.0 cm³/mol. The summed E-state index contributed by atoms with van der Waals surface area (Å²) in [5, 5.41) is 0. The van der Waals surface area contributed by atoms with Crippen molar-refractivity contribution in [1.29, 1.82) is 0 Å². The van der Waals surface area contributed by atoms with Gasteiger partial charge in [0.1, 0.15) is 11.8 Å². The summed E-state index contributed by atoms with van der Waals surface area (Å²) in [7, 11) is 1.38. The molecule has 0 amide bonds. The van der Waals surface area contributed by atoms with E-state index in [-0.39, 0.29) is 24.0 Å². The minimum Gasteiger partial charge on any atom is -0.469 e. The molecule has 0 aliphatic heterocycles. The van der Waals surface area contributed by atoms with E-state index in [0.29, 0.717) is 25.0 Å². The summed E-state index contributed by atoms with van der Waals surface area (Å²) < 4.78 is 12.2. The number of carbonyl (C=O) groups is 2. The number of benzene rings is 1. The van der Waals surface area contributed by atoms with Crippen molar-refractivity contribution in [3.63, 3.8) is 0 Å². The van der Waals surface area contributed by atoms with Crippen molar-refractivity contribution in [2.45, 2.75) is 38.3 Å². The molecule has 0 saturated heterocycles. The van der Waals surface area contributed by atoms with Gasteiger partial charge in [0.15, 0.2) is 0 Å². The van der Waals surface area contributed by atoms with E-state index in [4.69, 9.17) is 9.47 Å². The van der Waals surface area contributed by atoms with Gasteiger partial charge in [-0.15, -0.1) is 0 Å². The lowest BCUT2D eigenvalue weighted by Crippen LogP contribution is -2.21. The maximum atomic E-state index is 12.6. The standard InChI is InChI=1S/C19H22N2O4/c1-13(14-6-4-3-5-7-14)21-12-20-11-17(21)19(23)25-16-9-8-15(10-16)18(22)24-2/h3-7,11-13,15-16H,8-10H2,1-2H3/t13-,15?,16?/m1/s1. The molecule has 2 unspecified atom stereocenters. The Morgan fingerprint density at radius 3 is 2.72 bits per heavy atom. The number of ether oxygens (including phenoxy) is 2. The number of aromatic nitrogens is 2. The van der Waals surface area contributed by atoms with Crippen molar-refractivity contribution in [2.24, 2.45) is 5.92 Å². The molecule has 1 aliphatic rings. The third-order valence-electron chi connectivity index (χ3n) is 4.77. The second kappa shape index (κ2) is 7.51. The van der Waals surface area contributed by atoms with Gasteiger partial charge in [0.05, 0.1) is 31.6 Å². The molecule has 0 N–H and O–H groups in total. The molecule has 132 valence electrons. The Hall–Kier alpha value is -2.63. The summed E-state index contributed by atoms with van der Waals surface area (Å²) in [5.41, 5.74) is 1.50. The SMILES string of the molecule is COC(=O)C1CCC(OC(=O)c2cncn2[C@H](C)c2ccccc2)C1. The molecule has 1 saturated carbocycles. The van der Waals surface area contributed by atoms with Gasteiger partial charge in [0.25, 0.3) is 0 Å². The zero-order chi connectivity index (χ0) is 17.8. The topological polar surface area (TPSA) is 70.4 Å². The van der Waals surface area contributed by atoms with Gasteiger partial charge in [-0.05, 0) is 31.7 Å². The van der Waals surface area contributed by atoms with Crippen LogP contribution in [-0.2, 0) is 14.3 Å². The maximum Gasteiger partial charge on any atom is 0.356 e. The first-order chi connectivity index (χ1) is 12.1. The van der Waals surface area contributed by atoms with Gasteiger partial charge in [0, 0.05) is 0 Å². The van der Waals surface area contributed by atoms with E-state index < -0.39 is 5.97 Å². The van der Waals surface area contributed by atoms with Crippen molar-refractivity contribution < 1.29 is 19.1 Å². The van der Waals surface area contributed by atoms with Crippen LogP contribution >= 0.6 is 0 Å². The van der Waals surface area contributed by atoms with Gasteiger partial charge >= 0.3 is 11.9 Å². The molecule has 6 heteroatoms. The van der Waals surface area contributed by atoms with Crippen LogP contribution in [0.5, 0.6) is 0 Å². The molecule has 1 aromatic carbocycles. The number of methoxy groups -OCH3 is 1. The molecular weight excluding hydrogens is 320 g/mol. The van der Waals surface area contributed by atoms with Gasteiger partial charge in [-0.3, -0.25) is 4.79 Å². The average Bonchev–Trinajstić information content (AvgIpc) is 3.30. The number of nitrogens with zero attached hydrogens (tertiary/aromatic N) is 2. The third-order valence-corrected chi connectivity index (χ3v) is 4.77. The Balaban J connectivity index is 1.68. The highest BCUT2D eigenvalue weighted by molar-refractivity contribution is 5.87. The van der Waals surface area contributed by atoms with Crippen LogP contribution in [0.4, 0.5) is 0 Å². The molecule has 1 aliphatic carbocycles. The summed E-state index contributed by atoms with van der Waals surface area (Å²) >= 11 is 0. The van der Waals surface area contributed by atoms with Crippen LogP contribution in [0.25, 0.3) is 0 Å². The second-order valence-electron chi connectivity index (χ2n) is 6.33. The summed E-state index contributed by atoms with van der Waals surface area (Å²) in [6.07, 6.45) is 4.78. The highest BCUT2D eigenvalue weighted by Crippen LogP contribution is 2.29. The van der Waals surface area contributed by atoms with Crippen molar-refractivity contribution in [2.75, 3.05) is 7.11 Å². The zero-order valence-corrected chi connectivity index (χ0v) is 14.4. The first-order valence-electron chi connectivity index (χ1n) is 8.45. The van der Waals surface area contributed by atoms with Crippen LogP contribution in [-0.4, -0.2) is 34.7 Å². The third kappa shape index (κ3) is 3.73. The molecule has 1 heterocycles. The largest absolute Gasteiger partial charge is 0.469 e. The first kappa shape index (κ1) is 17.2. The van der Waals surface area contributed by atoms with Crippen molar-refractivity contribution in [3.05, 3.63) is 54.1 Å². The Labute approximate surface area is 146 Å². The maximum absolute atomic E-state index is 12.6. The highest BCUT2D eigenvalue weighted by atomic mass is 16.5. The molecule has 1 fully saturated rings. The predicted octanol–water partition coefficient (Wildman–Crippen LogP) is 2.99. The van der Waals surface area contributed by atoms with E-state index in [1.807, 2.05) is 41.8 Å². The van der Waals surface area contributed by atoms with E-state index in [1.165, 1.54) is 13.3 Å². The van der Waals surface area contributed by atoms with Gasteiger partial charge in [-0.25, -0.2) is 9.78 Å². The molecule has 6 nitrogen and oxygen atoms in total. The van der Waals surface area contributed by atoms with Crippen LogP contribution in [0.15, 0.2) is 42.9 Å². The van der Waals surface area contributed by atoms with Crippen LogP contribution in [0.2, 0.25) is 0 Å². The van der Waals surface area contributed by atoms with Gasteiger partial charge in [-0.1, -0.05) is 30.3 Å². The fourth-order valence-corrected chi connectivity index (χ4v) is 3.30. The number of esters is 2. The number of carbonyl (C=O) groups excluding carboxylic acids is 2. The Morgan fingerprint density at radius 2 is 2.00 bits per heavy atom. The summed E-state index contributed by atoms with van der Waals surface area (Å²) in [5.74, 6) is -0.826. The lowest BCUT2D eigenvalue weighted by atomic mass is 10.1. The van der Waals surface area contributed by atoms with E-state index in [0.717, 1.165) is 5.56 Å². The molecule has 1 aromatic heterocycles. The molecule has 3 rings (SSSR count). The van der Waals surface area contributed by atoms with E-state index in [9.17, 15) is 9.59 Å². The lowest BCUT2D eigenvalue weighted by Gasteiger charge is -2.18. The van der Waals surface area contributed by atoms with E-state index in [1.54, 1.807) is 6.33 Å². The molecular formula is C19H22N2O4. The van der Waals surface area contributed by atoms with Crippen LogP contribution in [0, 0.1) is 5.92 Å². The van der Waals surface area contributed by atoms with Gasteiger partial charge < -0.3 is 14.0 Å². The Morgan fingerprint density at radius 1 is 1.24 bits per heavy atom. The monoisotopic (exact) mass is 342 g/mol. The quantitative estimate of drug-likeness (QED) is 0.781. The number of imidazole rings is 1. The van der Waals surface area contributed by atoms with E-state index >= 15 is 0 Å². The summed E-state index contributed by atoms with van der Waals surface area (Å²) in [6, 6.07) is 9.88. The number of hydrogen-bond donors (Lipinski definition) is 0. The lowest BCUT2D eigenvalue weighted by molar-refractivity contribution is -0.145. The zero-order valence-electron chi connectivity index (χ0n) is 14.4. The van der Waals surface area contributed by atoms with Crippen LogP contribution < -0.4 is 0 Å². The molecule has 3 atom stereocenters. The van der Waals surface area contributed by atoms with Crippen LogP contribution in [0.1, 0.15) is 48.3 Å². The van der Waals surface area contributed by atoms with Crippen LogP contribution in [0.3, 0.4) is 0 Å². The molecule has 0 spiro atoms. The fraction of sp³-hybridized carbons (Fsp3) is 0.421. The molecule has 0 bridgehead atoms. The number of rotatable bonds is 5. The average molecular weight is 342 g/mol. The Kier molecular flexibility index (Phi) is 5.16. The molecule has 25 heavy (non-hydrogen) atoms. The molecule has 0 radical (unpaired) electrons. The summed E-state index contributed by atoms with van der Waals surface area (Å²) in [4.78, 5) is 28.3. The minimum atomic E-state index is -0.407. The smallest absolute Gasteiger partial charge is 0.356 e. The van der Waals surface area contributed by atoms with Crippen molar-refractivity contribution >= 4 is 11.9 Å². The van der Waals surface area contributed by atoms with Gasteiger partial charge in [0.2, 0.25) is 0 Å². The normalized spacial score (nSPS) is 20.9. The molecule has 2 aromatic rings. The Bertz CT molecular complexity index is 741. The fourth-order valence-electron chi connectivity index (χ4n) is 3.30. The van der Waals surface area contributed by atoms with Crippen molar-refractivity contribution in [3.8, 4) is 0 Å². The summed E-state index contributed by atoms with van der Waals surface area (Å²) in [6.45, 7) is 2.01. The minimum absolute atomic E-state index is 0.0300. The highest BCUT2D eigenvalue weighted by Gasteiger charge is 2.33. The van der Waals surface area contributed by atoms with E-state index in [2.05, 4.69) is 4.98 Å².